The second-order valence-electron chi connectivity index (χ2n) is 7.23. The number of thioether (sulfide) groups is 2. The van der Waals surface area contributed by atoms with Crippen molar-refractivity contribution in [3.63, 3.8) is 0 Å². The molecule has 2 aromatic carbocycles. The molecule has 0 saturated heterocycles. The number of aromatic amines is 1. The summed E-state index contributed by atoms with van der Waals surface area (Å²) in [6.07, 6.45) is 0.876. The number of benzene rings is 2. The Kier molecular flexibility index (Phi) is 5.60. The first-order chi connectivity index (χ1) is 13.1. The third kappa shape index (κ3) is 4.58. The van der Waals surface area contributed by atoms with Gasteiger partial charge >= 0.3 is 0 Å². The maximum Gasteiger partial charge on any atom is 0.125 e. The van der Waals surface area contributed by atoms with Gasteiger partial charge in [-0.25, -0.2) is 4.39 Å². The van der Waals surface area contributed by atoms with Crippen molar-refractivity contribution in [2.75, 3.05) is 11.5 Å². The number of halogens is 1. The highest BCUT2D eigenvalue weighted by atomic mass is 32.2. The molecule has 3 aromatic rings. The van der Waals surface area contributed by atoms with Crippen LogP contribution in [-0.2, 0) is 6.42 Å². The summed E-state index contributed by atoms with van der Waals surface area (Å²) in [7, 11) is 0. The molecule has 1 aromatic heterocycles. The van der Waals surface area contributed by atoms with E-state index in [1.54, 1.807) is 6.07 Å². The van der Waals surface area contributed by atoms with E-state index in [0.717, 1.165) is 34.5 Å². The van der Waals surface area contributed by atoms with Gasteiger partial charge < -0.3 is 4.98 Å². The summed E-state index contributed by atoms with van der Waals surface area (Å²) in [5, 5.41) is 2.28. The molecule has 2 nitrogen and oxygen atoms in total. The number of fused-ring (bicyclic) bond motifs is 1. The topological polar surface area (TPSA) is 28.1 Å². The van der Waals surface area contributed by atoms with Crippen LogP contribution < -0.4 is 0 Å². The summed E-state index contributed by atoms with van der Waals surface area (Å²) in [6, 6.07) is 16.2. The Balaban J connectivity index is 1.34. The molecule has 0 spiro atoms. The third-order valence-corrected chi connectivity index (χ3v) is 7.11. The van der Waals surface area contributed by atoms with Gasteiger partial charge in [-0.2, -0.15) is 0 Å². The number of nitrogens with zero attached hydrogens (tertiary/aromatic N) is 1. The lowest BCUT2D eigenvalue weighted by molar-refractivity contribution is 0.629. The molecule has 0 amide bonds. The molecule has 5 heteroatoms. The summed E-state index contributed by atoms with van der Waals surface area (Å²) in [5.41, 5.74) is 3.37. The highest BCUT2D eigenvalue weighted by Crippen LogP contribution is 2.28. The average molecular weight is 399 g/mol. The van der Waals surface area contributed by atoms with E-state index in [9.17, 15) is 4.39 Å². The van der Waals surface area contributed by atoms with Gasteiger partial charge in [-0.15, -0.1) is 23.5 Å². The van der Waals surface area contributed by atoms with Crippen molar-refractivity contribution >= 4 is 39.5 Å². The zero-order valence-corrected chi connectivity index (χ0v) is 17.2. The number of rotatable bonds is 6. The normalized spacial score (nSPS) is 17.0. The predicted molar refractivity (Wildman–Crippen MR) is 117 cm³/mol. The molecule has 1 atom stereocenters. The Labute approximate surface area is 168 Å². The van der Waals surface area contributed by atoms with E-state index in [1.165, 1.54) is 21.6 Å². The minimum absolute atomic E-state index is 0.203. The Morgan fingerprint density at radius 1 is 1.19 bits per heavy atom. The fourth-order valence-corrected chi connectivity index (χ4v) is 5.28. The zero-order chi connectivity index (χ0) is 18.8. The number of H-pyrrole nitrogens is 1. The Morgan fingerprint density at radius 3 is 2.78 bits per heavy atom. The molecule has 1 N–H and O–H groups in total. The van der Waals surface area contributed by atoms with Crippen molar-refractivity contribution < 1.29 is 4.39 Å². The van der Waals surface area contributed by atoms with Crippen LogP contribution in [-0.4, -0.2) is 27.6 Å². The summed E-state index contributed by atoms with van der Waals surface area (Å²) in [4.78, 5) is 9.52. The first-order valence-electron chi connectivity index (χ1n) is 9.26. The molecule has 140 valence electrons. The highest BCUT2D eigenvalue weighted by molar-refractivity contribution is 8.16. The predicted octanol–water partition coefficient (Wildman–Crippen LogP) is 6.28. The molecule has 0 aliphatic carbocycles. The molecule has 0 radical (unpaired) electrons. The molecule has 1 aliphatic heterocycles. The first kappa shape index (κ1) is 18.6. The van der Waals surface area contributed by atoms with Gasteiger partial charge in [0.15, 0.2) is 0 Å². The van der Waals surface area contributed by atoms with E-state index in [1.807, 2.05) is 29.6 Å². The molecular weight excluding hydrogens is 375 g/mol. The van der Waals surface area contributed by atoms with Crippen LogP contribution in [0.2, 0.25) is 0 Å². The largest absolute Gasteiger partial charge is 0.358 e. The van der Waals surface area contributed by atoms with Gasteiger partial charge in [0.1, 0.15) is 5.82 Å². The highest BCUT2D eigenvalue weighted by Gasteiger charge is 2.19. The molecule has 1 aliphatic rings. The van der Waals surface area contributed by atoms with Crippen LogP contribution in [0.1, 0.15) is 31.0 Å². The van der Waals surface area contributed by atoms with Crippen molar-refractivity contribution in [2.45, 2.75) is 37.1 Å². The van der Waals surface area contributed by atoms with Gasteiger partial charge in [0.2, 0.25) is 0 Å². The minimum Gasteiger partial charge on any atom is -0.358 e. The van der Waals surface area contributed by atoms with Crippen molar-refractivity contribution in [1.29, 1.82) is 0 Å². The Hall–Kier alpha value is -1.72. The number of aliphatic imine (C=N–C) groups is 1. The second kappa shape index (κ2) is 8.11. The maximum absolute atomic E-state index is 13.3. The molecule has 1 unspecified atom stereocenters. The van der Waals surface area contributed by atoms with Crippen molar-refractivity contribution in [2.24, 2.45) is 4.99 Å². The summed E-state index contributed by atoms with van der Waals surface area (Å²) in [6.45, 7) is 4.44. The van der Waals surface area contributed by atoms with E-state index in [-0.39, 0.29) is 5.82 Å². The lowest BCUT2D eigenvalue weighted by Gasteiger charge is -2.06. The zero-order valence-electron chi connectivity index (χ0n) is 15.5. The van der Waals surface area contributed by atoms with Gasteiger partial charge in [0.25, 0.3) is 0 Å². The van der Waals surface area contributed by atoms with E-state index in [4.69, 9.17) is 4.99 Å². The fourth-order valence-electron chi connectivity index (χ4n) is 3.27. The third-order valence-electron chi connectivity index (χ3n) is 4.77. The standard InChI is InChI=1S/C22H23FN2S2/c1-14(2)15-4-7-20(8-5-15)26-13-22-25-19(12-27-22)11-18-9-16-3-6-17(23)10-21(16)24-18/h3-10,14,19,24H,11-13H2,1-2H3. The minimum atomic E-state index is -0.203. The van der Waals surface area contributed by atoms with E-state index < -0.39 is 0 Å². The average Bonchev–Trinajstić information content (AvgIpc) is 3.26. The lowest BCUT2D eigenvalue weighted by Crippen LogP contribution is -2.08. The fraction of sp³-hybridized carbons (Fsp3) is 0.318. The van der Waals surface area contributed by atoms with Crippen LogP contribution in [0.25, 0.3) is 10.9 Å². The Bertz CT molecular complexity index is 960. The lowest BCUT2D eigenvalue weighted by atomic mass is 10.0. The molecule has 4 rings (SSSR count). The van der Waals surface area contributed by atoms with Crippen LogP contribution >= 0.6 is 23.5 Å². The number of aromatic nitrogens is 1. The number of nitrogens with one attached hydrogen (secondary N) is 1. The molecule has 27 heavy (non-hydrogen) atoms. The second-order valence-corrected chi connectivity index (χ2v) is 9.37. The van der Waals surface area contributed by atoms with Gasteiger partial charge in [-0.1, -0.05) is 26.0 Å². The number of hydrogen-bond donors (Lipinski definition) is 1. The summed E-state index contributed by atoms with van der Waals surface area (Å²) < 4.78 is 13.3. The SMILES string of the molecule is CC(C)c1ccc(SCC2=NC(Cc3cc4ccc(F)cc4[nH]3)CS2)cc1. The summed E-state index contributed by atoms with van der Waals surface area (Å²) in [5.74, 6) is 2.32. The monoisotopic (exact) mass is 398 g/mol. The van der Waals surface area contributed by atoms with Crippen molar-refractivity contribution in [3.8, 4) is 0 Å². The van der Waals surface area contributed by atoms with Gasteiger partial charge in [-0.3, -0.25) is 4.99 Å². The van der Waals surface area contributed by atoms with E-state index in [2.05, 4.69) is 49.2 Å². The van der Waals surface area contributed by atoms with Gasteiger partial charge in [0, 0.05) is 34.0 Å². The van der Waals surface area contributed by atoms with Crippen molar-refractivity contribution in [1.82, 2.24) is 4.98 Å². The quantitative estimate of drug-likeness (QED) is 0.495. The molecule has 0 fully saturated rings. The molecule has 2 heterocycles. The van der Waals surface area contributed by atoms with E-state index >= 15 is 0 Å². The van der Waals surface area contributed by atoms with Crippen LogP contribution in [0, 0.1) is 5.82 Å². The number of hydrogen-bond acceptors (Lipinski definition) is 3. The smallest absolute Gasteiger partial charge is 0.125 e. The van der Waals surface area contributed by atoms with Gasteiger partial charge in [-0.05, 0) is 53.3 Å². The van der Waals surface area contributed by atoms with Gasteiger partial charge in [0.05, 0.1) is 11.1 Å². The molecule has 0 bridgehead atoms. The molecular formula is C22H23FN2S2. The van der Waals surface area contributed by atoms with Crippen LogP contribution in [0.3, 0.4) is 0 Å². The maximum atomic E-state index is 13.3. The van der Waals surface area contributed by atoms with Crippen LogP contribution in [0.4, 0.5) is 4.39 Å². The summed E-state index contributed by atoms with van der Waals surface area (Å²) >= 11 is 3.71. The van der Waals surface area contributed by atoms with Crippen LogP contribution in [0.15, 0.2) is 58.4 Å². The Morgan fingerprint density at radius 2 is 2.00 bits per heavy atom. The first-order valence-corrected chi connectivity index (χ1v) is 11.2. The van der Waals surface area contributed by atoms with Crippen LogP contribution in [0.5, 0.6) is 0 Å². The van der Waals surface area contributed by atoms with E-state index in [0.29, 0.717) is 12.0 Å². The van der Waals surface area contributed by atoms with Crippen molar-refractivity contribution in [3.05, 3.63) is 65.6 Å². The molecule has 0 saturated carbocycles.